The summed E-state index contributed by atoms with van der Waals surface area (Å²) in [4.78, 5) is 0. The molecule has 0 heterocycles. The van der Waals surface area contributed by atoms with Gasteiger partial charge >= 0.3 is 0 Å². The maximum Gasteiger partial charge on any atom is -0.00201 e. The second-order valence-electron chi connectivity index (χ2n) is 4.29. The fraction of sp³-hybridized carbons (Fsp3) is 0.571. The topological polar surface area (TPSA) is 12.0 Å². The van der Waals surface area contributed by atoms with E-state index in [0.717, 1.165) is 25.4 Å². The number of hydrogen-bond donors (Lipinski definition) is 1. The number of nitrogens with one attached hydrogen (secondary N) is 1. The largest absolute Gasteiger partial charge is 0.317 e. The molecular weight excluding hydrogens is 182 g/mol. The summed E-state index contributed by atoms with van der Waals surface area (Å²) in [5.41, 5.74) is 2.88. The van der Waals surface area contributed by atoms with E-state index in [4.69, 9.17) is 0 Å². The van der Waals surface area contributed by atoms with E-state index in [-0.39, 0.29) is 0 Å². The lowest BCUT2D eigenvalue weighted by Crippen LogP contribution is -2.21. The van der Waals surface area contributed by atoms with Gasteiger partial charge in [-0.15, -0.1) is 0 Å². The molecule has 1 heteroatoms. The summed E-state index contributed by atoms with van der Waals surface area (Å²) < 4.78 is 0. The van der Waals surface area contributed by atoms with Crippen LogP contribution in [0.5, 0.6) is 0 Å². The third-order valence-electron chi connectivity index (χ3n) is 2.76. The van der Waals surface area contributed by atoms with Gasteiger partial charge < -0.3 is 5.32 Å². The van der Waals surface area contributed by atoms with Gasteiger partial charge in [-0.3, -0.25) is 0 Å². The molecule has 1 atom stereocenters. The highest BCUT2D eigenvalue weighted by Crippen LogP contribution is 2.10. The Labute approximate surface area is 93.9 Å². The van der Waals surface area contributed by atoms with Crippen LogP contribution in [0.15, 0.2) is 24.3 Å². The van der Waals surface area contributed by atoms with Gasteiger partial charge in [-0.2, -0.15) is 0 Å². The van der Waals surface area contributed by atoms with Crippen LogP contribution >= 0.6 is 0 Å². The molecule has 0 saturated carbocycles. The molecule has 0 aliphatic heterocycles. The van der Waals surface area contributed by atoms with Crippen LogP contribution in [-0.4, -0.2) is 13.1 Å². The Hall–Kier alpha value is -0.820. The Bertz CT molecular complexity index is 263. The number of benzene rings is 1. The smallest absolute Gasteiger partial charge is 0.00201 e. The fourth-order valence-corrected chi connectivity index (χ4v) is 1.78. The molecule has 0 saturated heterocycles. The third-order valence-corrected chi connectivity index (χ3v) is 2.76. The predicted molar refractivity (Wildman–Crippen MR) is 67.2 cm³/mol. The van der Waals surface area contributed by atoms with Crippen molar-refractivity contribution in [2.45, 2.75) is 33.6 Å². The van der Waals surface area contributed by atoms with Crippen molar-refractivity contribution >= 4 is 0 Å². The minimum Gasteiger partial charge on any atom is -0.317 e. The maximum absolute atomic E-state index is 3.39. The van der Waals surface area contributed by atoms with Crippen molar-refractivity contribution in [1.82, 2.24) is 5.32 Å². The van der Waals surface area contributed by atoms with Crippen LogP contribution in [-0.2, 0) is 12.8 Å². The number of hydrogen-bond acceptors (Lipinski definition) is 1. The fourth-order valence-electron chi connectivity index (χ4n) is 1.78. The SMILES string of the molecule is CCNCC(C)Cc1ccc(CC)cc1. The molecule has 15 heavy (non-hydrogen) atoms. The minimum atomic E-state index is 0.720. The van der Waals surface area contributed by atoms with Gasteiger partial charge in [0.2, 0.25) is 0 Å². The van der Waals surface area contributed by atoms with E-state index in [1.165, 1.54) is 17.5 Å². The van der Waals surface area contributed by atoms with Gasteiger partial charge in [0, 0.05) is 0 Å². The van der Waals surface area contributed by atoms with Gasteiger partial charge in [0.05, 0.1) is 0 Å². The molecule has 0 spiro atoms. The standard InChI is InChI=1S/C14H23N/c1-4-13-6-8-14(9-7-13)10-12(3)11-15-5-2/h6-9,12,15H,4-5,10-11H2,1-3H3. The Kier molecular flexibility index (Phi) is 5.41. The van der Waals surface area contributed by atoms with Crippen molar-refractivity contribution in [2.75, 3.05) is 13.1 Å². The highest BCUT2D eigenvalue weighted by molar-refractivity contribution is 5.22. The molecule has 0 radical (unpaired) electrons. The van der Waals surface area contributed by atoms with Crippen molar-refractivity contribution in [3.8, 4) is 0 Å². The van der Waals surface area contributed by atoms with Gasteiger partial charge in [0.1, 0.15) is 0 Å². The summed E-state index contributed by atoms with van der Waals surface area (Å²) in [6.07, 6.45) is 2.31. The first-order valence-corrected chi connectivity index (χ1v) is 6.04. The summed E-state index contributed by atoms with van der Waals surface area (Å²) in [7, 11) is 0. The molecule has 0 amide bonds. The molecule has 1 rings (SSSR count). The highest BCUT2D eigenvalue weighted by Gasteiger charge is 2.02. The van der Waals surface area contributed by atoms with E-state index >= 15 is 0 Å². The van der Waals surface area contributed by atoms with Crippen molar-refractivity contribution in [3.63, 3.8) is 0 Å². The second-order valence-corrected chi connectivity index (χ2v) is 4.29. The zero-order valence-corrected chi connectivity index (χ0v) is 10.2. The van der Waals surface area contributed by atoms with E-state index in [1.54, 1.807) is 0 Å². The molecule has 0 bridgehead atoms. The monoisotopic (exact) mass is 205 g/mol. The molecular formula is C14H23N. The average Bonchev–Trinajstić information content (AvgIpc) is 2.27. The molecule has 0 fully saturated rings. The lowest BCUT2D eigenvalue weighted by molar-refractivity contribution is 0.521. The molecule has 1 aromatic rings. The van der Waals surface area contributed by atoms with Crippen molar-refractivity contribution in [1.29, 1.82) is 0 Å². The first-order valence-electron chi connectivity index (χ1n) is 6.04. The molecule has 1 aromatic carbocycles. The molecule has 1 unspecified atom stereocenters. The number of aryl methyl sites for hydroxylation is 1. The van der Waals surface area contributed by atoms with Crippen LogP contribution in [0.2, 0.25) is 0 Å². The summed E-state index contributed by atoms with van der Waals surface area (Å²) in [6, 6.07) is 9.02. The molecule has 1 N–H and O–H groups in total. The molecule has 1 nitrogen and oxygen atoms in total. The molecule has 0 aliphatic rings. The summed E-state index contributed by atoms with van der Waals surface area (Å²) in [5, 5.41) is 3.39. The van der Waals surface area contributed by atoms with Crippen LogP contribution in [0.4, 0.5) is 0 Å². The van der Waals surface area contributed by atoms with Crippen LogP contribution in [0.25, 0.3) is 0 Å². The second kappa shape index (κ2) is 6.62. The Balaban J connectivity index is 2.42. The quantitative estimate of drug-likeness (QED) is 0.752. The summed E-state index contributed by atoms with van der Waals surface area (Å²) in [6.45, 7) is 8.84. The first kappa shape index (κ1) is 12.3. The van der Waals surface area contributed by atoms with E-state index in [2.05, 4.69) is 50.4 Å². The summed E-state index contributed by atoms with van der Waals surface area (Å²) in [5.74, 6) is 0.720. The van der Waals surface area contributed by atoms with Crippen molar-refractivity contribution in [2.24, 2.45) is 5.92 Å². The van der Waals surface area contributed by atoms with Crippen LogP contribution in [0.3, 0.4) is 0 Å². The van der Waals surface area contributed by atoms with Gasteiger partial charge in [0.15, 0.2) is 0 Å². The van der Waals surface area contributed by atoms with Gasteiger partial charge in [0.25, 0.3) is 0 Å². The van der Waals surface area contributed by atoms with E-state index < -0.39 is 0 Å². The van der Waals surface area contributed by atoms with Gasteiger partial charge in [-0.25, -0.2) is 0 Å². The maximum atomic E-state index is 3.39. The lowest BCUT2D eigenvalue weighted by Gasteiger charge is -2.11. The van der Waals surface area contributed by atoms with E-state index in [1.807, 2.05) is 0 Å². The molecule has 84 valence electrons. The van der Waals surface area contributed by atoms with Crippen LogP contribution in [0.1, 0.15) is 31.9 Å². The number of rotatable bonds is 6. The van der Waals surface area contributed by atoms with E-state index in [0.29, 0.717) is 0 Å². The Morgan fingerprint density at radius 2 is 1.67 bits per heavy atom. The summed E-state index contributed by atoms with van der Waals surface area (Å²) >= 11 is 0. The van der Waals surface area contributed by atoms with Crippen molar-refractivity contribution < 1.29 is 0 Å². The first-order chi connectivity index (χ1) is 7.26. The molecule has 0 aliphatic carbocycles. The molecule has 0 aromatic heterocycles. The normalized spacial score (nSPS) is 12.7. The van der Waals surface area contributed by atoms with E-state index in [9.17, 15) is 0 Å². The minimum absolute atomic E-state index is 0.720. The Morgan fingerprint density at radius 1 is 1.07 bits per heavy atom. The van der Waals surface area contributed by atoms with Gasteiger partial charge in [-0.05, 0) is 43.0 Å². The zero-order valence-electron chi connectivity index (χ0n) is 10.2. The van der Waals surface area contributed by atoms with Crippen LogP contribution in [0, 0.1) is 5.92 Å². The predicted octanol–water partition coefficient (Wildman–Crippen LogP) is 3.04. The third kappa shape index (κ3) is 4.48. The average molecular weight is 205 g/mol. The Morgan fingerprint density at radius 3 is 2.20 bits per heavy atom. The van der Waals surface area contributed by atoms with Crippen LogP contribution < -0.4 is 5.32 Å². The lowest BCUT2D eigenvalue weighted by atomic mass is 9.99. The zero-order chi connectivity index (χ0) is 11.1. The van der Waals surface area contributed by atoms with Gasteiger partial charge in [-0.1, -0.05) is 45.0 Å². The highest BCUT2D eigenvalue weighted by atomic mass is 14.8. The van der Waals surface area contributed by atoms with Crippen molar-refractivity contribution in [3.05, 3.63) is 35.4 Å².